The van der Waals surface area contributed by atoms with E-state index in [1.807, 2.05) is 66.7 Å². The van der Waals surface area contributed by atoms with E-state index in [9.17, 15) is 4.79 Å². The summed E-state index contributed by atoms with van der Waals surface area (Å²) in [5.41, 5.74) is 3.94. The number of carbonyl (C=O) groups is 1. The Hall–Kier alpha value is -3.11. The van der Waals surface area contributed by atoms with Gasteiger partial charge in [-0.05, 0) is 48.5 Å². The minimum atomic E-state index is -0.0910. The van der Waals surface area contributed by atoms with Crippen LogP contribution in [-0.2, 0) is 13.1 Å². The van der Waals surface area contributed by atoms with E-state index in [1.165, 1.54) is 16.0 Å². The van der Waals surface area contributed by atoms with Gasteiger partial charge in [-0.25, -0.2) is 0 Å². The molecule has 0 aliphatic heterocycles. The van der Waals surface area contributed by atoms with E-state index in [0.717, 1.165) is 24.5 Å². The molecule has 27 heavy (non-hydrogen) atoms. The maximum Gasteiger partial charge on any atom is 0.255 e. The van der Waals surface area contributed by atoms with Gasteiger partial charge in [-0.3, -0.25) is 4.79 Å². The number of methoxy groups -OCH3 is 1. The Morgan fingerprint density at radius 2 is 1.41 bits per heavy atom. The van der Waals surface area contributed by atoms with Crippen molar-refractivity contribution in [3.8, 4) is 5.75 Å². The maximum absolute atomic E-state index is 12.3. The average Bonchev–Trinajstić information content (AvgIpc) is 2.70. The van der Waals surface area contributed by atoms with E-state index in [2.05, 4.69) is 24.5 Å². The van der Waals surface area contributed by atoms with E-state index < -0.39 is 0 Å². The third-order valence-electron chi connectivity index (χ3n) is 4.42. The second-order valence-corrected chi connectivity index (χ2v) is 6.68. The summed E-state index contributed by atoms with van der Waals surface area (Å²) in [6.45, 7) is 1.83. The molecular weight excluding hydrogens is 336 g/mol. The van der Waals surface area contributed by atoms with Crippen LogP contribution in [0.15, 0.2) is 78.9 Å². The van der Waals surface area contributed by atoms with Gasteiger partial charge in [-0.2, -0.15) is 0 Å². The molecular formula is C23H25N2O2+. The second-order valence-electron chi connectivity index (χ2n) is 6.68. The summed E-state index contributed by atoms with van der Waals surface area (Å²) in [7, 11) is 3.84. The fourth-order valence-corrected chi connectivity index (χ4v) is 3.00. The molecule has 3 rings (SSSR count). The molecule has 138 valence electrons. The lowest BCUT2D eigenvalue weighted by Crippen LogP contribution is -3.06. The summed E-state index contributed by atoms with van der Waals surface area (Å²) >= 11 is 0. The van der Waals surface area contributed by atoms with E-state index >= 15 is 0 Å². The van der Waals surface area contributed by atoms with Crippen molar-refractivity contribution in [2.24, 2.45) is 0 Å². The molecule has 0 bridgehead atoms. The quantitative estimate of drug-likeness (QED) is 0.679. The normalized spacial score (nSPS) is 11.6. The Balaban J connectivity index is 1.55. The van der Waals surface area contributed by atoms with Gasteiger partial charge in [0.15, 0.2) is 0 Å². The van der Waals surface area contributed by atoms with Crippen LogP contribution in [-0.4, -0.2) is 20.1 Å². The van der Waals surface area contributed by atoms with Gasteiger partial charge < -0.3 is 15.0 Å². The molecule has 4 nitrogen and oxygen atoms in total. The first-order valence-electron chi connectivity index (χ1n) is 9.03. The fourth-order valence-electron chi connectivity index (χ4n) is 3.00. The highest BCUT2D eigenvalue weighted by molar-refractivity contribution is 6.04. The first-order valence-corrected chi connectivity index (χ1v) is 9.03. The average molecular weight is 361 g/mol. The highest BCUT2D eigenvalue weighted by Crippen LogP contribution is 2.11. The smallest absolute Gasteiger partial charge is 0.255 e. The van der Waals surface area contributed by atoms with E-state index in [4.69, 9.17) is 4.74 Å². The van der Waals surface area contributed by atoms with Gasteiger partial charge in [0.05, 0.1) is 14.2 Å². The van der Waals surface area contributed by atoms with Gasteiger partial charge in [0, 0.05) is 22.4 Å². The monoisotopic (exact) mass is 361 g/mol. The van der Waals surface area contributed by atoms with Crippen LogP contribution in [0.1, 0.15) is 21.5 Å². The Bertz CT molecular complexity index is 859. The van der Waals surface area contributed by atoms with Crippen molar-refractivity contribution >= 4 is 11.6 Å². The zero-order chi connectivity index (χ0) is 19.1. The van der Waals surface area contributed by atoms with Gasteiger partial charge in [-0.15, -0.1) is 0 Å². The van der Waals surface area contributed by atoms with Crippen LogP contribution >= 0.6 is 0 Å². The van der Waals surface area contributed by atoms with Crippen molar-refractivity contribution in [2.45, 2.75) is 13.1 Å². The molecule has 3 aromatic carbocycles. The third-order valence-corrected chi connectivity index (χ3v) is 4.42. The Morgan fingerprint density at radius 1 is 0.852 bits per heavy atom. The molecule has 3 aromatic rings. The van der Waals surface area contributed by atoms with E-state index in [0.29, 0.717) is 5.56 Å². The molecule has 0 aliphatic carbocycles. The van der Waals surface area contributed by atoms with Crippen LogP contribution in [0, 0.1) is 0 Å². The molecule has 0 spiro atoms. The summed E-state index contributed by atoms with van der Waals surface area (Å²) < 4.78 is 5.20. The van der Waals surface area contributed by atoms with Gasteiger partial charge in [0.25, 0.3) is 5.91 Å². The Kier molecular flexibility index (Phi) is 6.23. The predicted octanol–water partition coefficient (Wildman–Crippen LogP) is 3.16. The number of hydrogen-bond acceptors (Lipinski definition) is 2. The molecule has 0 radical (unpaired) electrons. The van der Waals surface area contributed by atoms with Gasteiger partial charge in [0.2, 0.25) is 0 Å². The Morgan fingerprint density at radius 3 is 1.96 bits per heavy atom. The van der Waals surface area contributed by atoms with E-state index in [1.54, 1.807) is 7.11 Å². The Labute approximate surface area is 160 Å². The van der Waals surface area contributed by atoms with Crippen molar-refractivity contribution in [3.05, 3.63) is 95.6 Å². The number of nitrogens with one attached hydrogen (secondary N) is 2. The number of hydrogen-bond donors (Lipinski definition) is 2. The minimum Gasteiger partial charge on any atom is -0.497 e. The van der Waals surface area contributed by atoms with Crippen molar-refractivity contribution in [2.75, 3.05) is 19.5 Å². The summed E-state index contributed by atoms with van der Waals surface area (Å²) in [5, 5.41) is 2.91. The standard InChI is InChI=1S/C23H24N2O2/c1-25(17-19-10-14-22(27-2)15-11-19)16-18-8-12-20(13-9-18)23(26)24-21-6-4-3-5-7-21/h3-15H,16-17H2,1-2H3,(H,24,26)/p+1. The minimum absolute atomic E-state index is 0.0910. The predicted molar refractivity (Wildman–Crippen MR) is 108 cm³/mol. The lowest BCUT2D eigenvalue weighted by Gasteiger charge is -2.15. The lowest BCUT2D eigenvalue weighted by atomic mass is 10.1. The van der Waals surface area contributed by atoms with Crippen LogP contribution in [0.4, 0.5) is 5.69 Å². The van der Waals surface area contributed by atoms with Crippen molar-refractivity contribution in [1.29, 1.82) is 0 Å². The summed E-state index contributed by atoms with van der Waals surface area (Å²) in [5.74, 6) is 0.785. The first-order chi connectivity index (χ1) is 13.1. The van der Waals surface area contributed by atoms with Gasteiger partial charge in [0.1, 0.15) is 18.8 Å². The second kappa shape index (κ2) is 9.01. The lowest BCUT2D eigenvalue weighted by molar-refractivity contribution is -0.907. The summed E-state index contributed by atoms with van der Waals surface area (Å²) in [6.07, 6.45) is 0. The molecule has 0 fully saturated rings. The number of carbonyl (C=O) groups excluding carboxylic acids is 1. The number of amides is 1. The van der Waals surface area contributed by atoms with Crippen LogP contribution in [0.3, 0.4) is 0 Å². The molecule has 0 aliphatic rings. The molecule has 0 saturated heterocycles. The maximum atomic E-state index is 12.3. The highest BCUT2D eigenvalue weighted by Gasteiger charge is 2.09. The number of quaternary nitrogens is 1. The number of anilines is 1. The highest BCUT2D eigenvalue weighted by atomic mass is 16.5. The summed E-state index contributed by atoms with van der Waals surface area (Å²) in [4.78, 5) is 13.7. The summed E-state index contributed by atoms with van der Waals surface area (Å²) in [6, 6.07) is 25.5. The SMILES string of the molecule is COc1ccc(C[NH+](C)Cc2ccc(C(=O)Nc3ccccc3)cc2)cc1. The van der Waals surface area contributed by atoms with Crippen molar-refractivity contribution in [1.82, 2.24) is 0 Å². The molecule has 2 N–H and O–H groups in total. The van der Waals surface area contributed by atoms with Crippen LogP contribution in [0.2, 0.25) is 0 Å². The zero-order valence-corrected chi connectivity index (χ0v) is 15.7. The van der Waals surface area contributed by atoms with Crippen LogP contribution in [0.5, 0.6) is 5.75 Å². The molecule has 1 atom stereocenters. The van der Waals surface area contributed by atoms with Crippen LogP contribution < -0.4 is 15.0 Å². The van der Waals surface area contributed by atoms with Crippen molar-refractivity contribution in [3.63, 3.8) is 0 Å². The largest absolute Gasteiger partial charge is 0.497 e. The number of rotatable bonds is 7. The van der Waals surface area contributed by atoms with Crippen LogP contribution in [0.25, 0.3) is 0 Å². The molecule has 1 unspecified atom stereocenters. The van der Waals surface area contributed by atoms with E-state index in [-0.39, 0.29) is 5.91 Å². The molecule has 1 amide bonds. The number of ether oxygens (including phenoxy) is 1. The van der Waals surface area contributed by atoms with Crippen molar-refractivity contribution < 1.29 is 14.4 Å². The molecule has 4 heteroatoms. The fraction of sp³-hybridized carbons (Fsp3) is 0.174. The molecule has 0 heterocycles. The van der Waals surface area contributed by atoms with Gasteiger partial charge >= 0.3 is 0 Å². The number of benzene rings is 3. The third kappa shape index (κ3) is 5.43. The molecule has 0 aromatic heterocycles. The zero-order valence-electron chi connectivity index (χ0n) is 15.7. The first kappa shape index (κ1) is 18.7. The number of para-hydroxylation sites is 1. The van der Waals surface area contributed by atoms with Gasteiger partial charge in [-0.1, -0.05) is 30.3 Å². The molecule has 0 saturated carbocycles. The topological polar surface area (TPSA) is 42.8 Å².